The molecule has 0 unspecified atom stereocenters. The van der Waals surface area contributed by atoms with E-state index in [2.05, 4.69) is 16.0 Å². The standard InChI is InChI=1S/C25H29ClN2O4/c26-23-8-4-3-7-22(23)21-6-2-1-5-19(21)18-32-24-16-27-25(15-20(24)17-29)31-14-11-28-9-12-30-13-10-28/h3-4,7-8,15-17H,1-2,5-6,9-14,18H2. The molecule has 1 aliphatic carbocycles. The largest absolute Gasteiger partial charge is 0.487 e. The first kappa shape index (κ1) is 22.8. The summed E-state index contributed by atoms with van der Waals surface area (Å²) >= 11 is 6.44. The van der Waals surface area contributed by atoms with Gasteiger partial charge < -0.3 is 14.2 Å². The van der Waals surface area contributed by atoms with Crippen LogP contribution in [0.1, 0.15) is 41.6 Å². The van der Waals surface area contributed by atoms with E-state index in [1.165, 1.54) is 11.1 Å². The number of aldehydes is 1. The van der Waals surface area contributed by atoms with Crippen molar-refractivity contribution in [2.45, 2.75) is 25.7 Å². The monoisotopic (exact) mass is 456 g/mol. The number of rotatable bonds is 9. The van der Waals surface area contributed by atoms with Crippen LogP contribution < -0.4 is 9.47 Å². The van der Waals surface area contributed by atoms with Gasteiger partial charge in [-0.05, 0) is 48.5 Å². The lowest BCUT2D eigenvalue weighted by Gasteiger charge is -2.26. The zero-order chi connectivity index (χ0) is 22.2. The highest BCUT2D eigenvalue weighted by molar-refractivity contribution is 6.32. The number of morpholine rings is 1. The molecule has 0 radical (unpaired) electrons. The van der Waals surface area contributed by atoms with E-state index in [9.17, 15) is 4.79 Å². The Labute approximate surface area is 194 Å². The van der Waals surface area contributed by atoms with Gasteiger partial charge in [0.1, 0.15) is 19.0 Å². The van der Waals surface area contributed by atoms with E-state index in [-0.39, 0.29) is 0 Å². The Kier molecular flexibility index (Phi) is 8.15. The molecule has 7 heteroatoms. The van der Waals surface area contributed by atoms with Crippen molar-refractivity contribution in [1.29, 1.82) is 0 Å². The van der Waals surface area contributed by atoms with Crippen molar-refractivity contribution < 1.29 is 19.0 Å². The Morgan fingerprint density at radius 3 is 2.75 bits per heavy atom. The number of hydrogen-bond donors (Lipinski definition) is 0. The van der Waals surface area contributed by atoms with Crippen molar-refractivity contribution in [3.63, 3.8) is 0 Å². The predicted octanol–water partition coefficient (Wildman–Crippen LogP) is 4.67. The second-order valence-corrected chi connectivity index (χ2v) is 8.45. The molecule has 2 heterocycles. The third-order valence-electron chi connectivity index (χ3n) is 5.94. The Hall–Kier alpha value is -2.41. The van der Waals surface area contributed by atoms with Crippen LogP contribution >= 0.6 is 11.6 Å². The van der Waals surface area contributed by atoms with Gasteiger partial charge in [-0.15, -0.1) is 0 Å². The smallest absolute Gasteiger partial charge is 0.214 e. The topological polar surface area (TPSA) is 60.9 Å². The number of hydrogen-bond acceptors (Lipinski definition) is 6. The number of pyridine rings is 1. The molecule has 0 bridgehead atoms. The highest BCUT2D eigenvalue weighted by atomic mass is 35.5. The van der Waals surface area contributed by atoms with Crippen molar-refractivity contribution in [3.8, 4) is 11.6 Å². The molecule has 0 atom stereocenters. The fourth-order valence-corrected chi connectivity index (χ4v) is 4.41. The summed E-state index contributed by atoms with van der Waals surface area (Å²) in [6.45, 7) is 5.07. The minimum atomic E-state index is 0.417. The van der Waals surface area contributed by atoms with Crippen LogP contribution in [-0.4, -0.2) is 62.2 Å². The fourth-order valence-electron chi connectivity index (χ4n) is 4.16. The molecule has 0 spiro atoms. The minimum Gasteiger partial charge on any atom is -0.487 e. The van der Waals surface area contributed by atoms with Crippen molar-refractivity contribution >= 4 is 23.5 Å². The van der Waals surface area contributed by atoms with E-state index < -0.39 is 0 Å². The summed E-state index contributed by atoms with van der Waals surface area (Å²) in [6.07, 6.45) is 6.58. The van der Waals surface area contributed by atoms with Gasteiger partial charge >= 0.3 is 0 Å². The van der Waals surface area contributed by atoms with Crippen molar-refractivity contribution in [2.75, 3.05) is 46.1 Å². The molecule has 1 aromatic carbocycles. The van der Waals surface area contributed by atoms with E-state index in [1.807, 2.05) is 18.2 Å². The fraction of sp³-hybridized carbons (Fsp3) is 0.440. The molecule has 1 fully saturated rings. The van der Waals surface area contributed by atoms with Gasteiger partial charge in [-0.25, -0.2) is 4.98 Å². The number of nitrogens with zero attached hydrogens (tertiary/aromatic N) is 2. The summed E-state index contributed by atoms with van der Waals surface area (Å²) < 4.78 is 17.2. The highest BCUT2D eigenvalue weighted by Crippen LogP contribution is 2.36. The molecule has 1 aliphatic heterocycles. The minimum absolute atomic E-state index is 0.417. The van der Waals surface area contributed by atoms with E-state index in [0.29, 0.717) is 30.4 Å². The Morgan fingerprint density at radius 1 is 1.12 bits per heavy atom. The van der Waals surface area contributed by atoms with E-state index in [1.54, 1.807) is 12.3 Å². The number of carbonyl (C=O) groups is 1. The first-order valence-electron chi connectivity index (χ1n) is 11.2. The molecule has 170 valence electrons. The van der Waals surface area contributed by atoms with Crippen LogP contribution in [0.25, 0.3) is 5.57 Å². The number of carbonyl (C=O) groups excluding carboxylic acids is 1. The summed E-state index contributed by atoms with van der Waals surface area (Å²) in [5.41, 5.74) is 4.00. The first-order chi connectivity index (χ1) is 15.7. The average molecular weight is 457 g/mol. The average Bonchev–Trinajstić information content (AvgIpc) is 2.84. The van der Waals surface area contributed by atoms with Crippen LogP contribution in [0.5, 0.6) is 11.6 Å². The van der Waals surface area contributed by atoms with Crippen LogP contribution in [0.4, 0.5) is 0 Å². The van der Waals surface area contributed by atoms with Crippen LogP contribution in [0.3, 0.4) is 0 Å². The molecule has 0 amide bonds. The van der Waals surface area contributed by atoms with E-state index in [4.69, 9.17) is 25.8 Å². The number of aromatic nitrogens is 1. The van der Waals surface area contributed by atoms with Gasteiger partial charge in [0.05, 0.1) is 25.0 Å². The molecule has 2 aromatic rings. The number of ether oxygens (including phenoxy) is 3. The number of benzene rings is 1. The molecule has 4 rings (SSSR count). The molecule has 6 nitrogen and oxygen atoms in total. The van der Waals surface area contributed by atoms with Crippen LogP contribution in [-0.2, 0) is 4.74 Å². The normalized spacial score (nSPS) is 17.3. The molecule has 1 saturated heterocycles. The van der Waals surface area contributed by atoms with Crippen LogP contribution in [0.15, 0.2) is 42.1 Å². The van der Waals surface area contributed by atoms with Gasteiger partial charge in [-0.3, -0.25) is 9.69 Å². The molecule has 1 aromatic heterocycles. The lowest BCUT2D eigenvalue weighted by atomic mass is 9.87. The molecular formula is C25H29ClN2O4. The van der Waals surface area contributed by atoms with Gasteiger partial charge in [-0.1, -0.05) is 29.8 Å². The maximum Gasteiger partial charge on any atom is 0.214 e. The first-order valence-corrected chi connectivity index (χ1v) is 11.6. The second kappa shape index (κ2) is 11.5. The molecule has 0 saturated carbocycles. The number of allylic oxidation sites excluding steroid dienone is 1. The van der Waals surface area contributed by atoms with Gasteiger partial charge in [0.2, 0.25) is 5.88 Å². The van der Waals surface area contributed by atoms with Gasteiger partial charge in [0.15, 0.2) is 6.29 Å². The molecular weight excluding hydrogens is 428 g/mol. The SMILES string of the molecule is O=Cc1cc(OCCN2CCOCC2)ncc1OCC1=C(c2ccccc2Cl)CCCC1. The lowest BCUT2D eigenvalue weighted by molar-refractivity contribution is 0.0320. The van der Waals surface area contributed by atoms with Crippen LogP contribution in [0, 0.1) is 0 Å². The zero-order valence-electron chi connectivity index (χ0n) is 18.2. The van der Waals surface area contributed by atoms with Crippen LogP contribution in [0.2, 0.25) is 5.02 Å². The third kappa shape index (κ3) is 5.88. The second-order valence-electron chi connectivity index (χ2n) is 8.04. The maximum atomic E-state index is 11.7. The van der Waals surface area contributed by atoms with Gasteiger partial charge in [0.25, 0.3) is 0 Å². The quantitative estimate of drug-likeness (QED) is 0.511. The molecule has 32 heavy (non-hydrogen) atoms. The van der Waals surface area contributed by atoms with Gasteiger partial charge in [-0.2, -0.15) is 0 Å². The van der Waals surface area contributed by atoms with Gasteiger partial charge in [0, 0.05) is 30.7 Å². The Morgan fingerprint density at radius 2 is 1.94 bits per heavy atom. The van der Waals surface area contributed by atoms with Crippen molar-refractivity contribution in [1.82, 2.24) is 9.88 Å². The predicted molar refractivity (Wildman–Crippen MR) is 125 cm³/mol. The summed E-state index contributed by atoms with van der Waals surface area (Å²) in [4.78, 5) is 18.3. The summed E-state index contributed by atoms with van der Waals surface area (Å²) in [5, 5.41) is 0.760. The summed E-state index contributed by atoms with van der Waals surface area (Å²) in [7, 11) is 0. The van der Waals surface area contributed by atoms with Crippen molar-refractivity contribution in [3.05, 3.63) is 58.3 Å². The van der Waals surface area contributed by atoms with E-state index >= 15 is 0 Å². The molecule has 2 aliphatic rings. The Bertz CT molecular complexity index is 957. The highest BCUT2D eigenvalue weighted by Gasteiger charge is 2.18. The Balaban J connectivity index is 1.40. The third-order valence-corrected chi connectivity index (χ3v) is 6.27. The zero-order valence-corrected chi connectivity index (χ0v) is 19.0. The summed E-state index contributed by atoms with van der Waals surface area (Å²) in [6, 6.07) is 9.57. The maximum absolute atomic E-state index is 11.7. The molecule has 0 N–H and O–H groups in total. The van der Waals surface area contributed by atoms with Crippen molar-refractivity contribution in [2.24, 2.45) is 0 Å². The summed E-state index contributed by atoms with van der Waals surface area (Å²) in [5.74, 6) is 0.901. The van der Waals surface area contributed by atoms with E-state index in [0.717, 1.165) is 75.4 Å². The lowest BCUT2D eigenvalue weighted by Crippen LogP contribution is -2.38. The number of halogens is 1.